The summed E-state index contributed by atoms with van der Waals surface area (Å²) in [6.45, 7) is 2.67. The molecule has 0 bridgehead atoms. The highest BCUT2D eigenvalue weighted by Crippen LogP contribution is 2.21. The number of piperidine rings is 1. The van der Waals surface area contributed by atoms with Crippen LogP contribution in [0.1, 0.15) is 28.9 Å². The Labute approximate surface area is 127 Å². The predicted molar refractivity (Wildman–Crippen MR) is 80.4 cm³/mol. The van der Waals surface area contributed by atoms with E-state index in [1.165, 1.54) is 6.20 Å². The van der Waals surface area contributed by atoms with Crippen LogP contribution in [0.4, 0.5) is 5.69 Å². The van der Waals surface area contributed by atoms with Crippen LogP contribution in [0, 0.1) is 6.92 Å². The molecule has 1 aromatic heterocycles. The lowest BCUT2D eigenvalue weighted by Gasteiger charge is -2.32. The van der Waals surface area contributed by atoms with Gasteiger partial charge in [0.15, 0.2) is 5.69 Å². The number of hydrogen-bond donors (Lipinski definition) is 2. The first-order chi connectivity index (χ1) is 10.6. The molecule has 0 aliphatic carbocycles. The van der Waals surface area contributed by atoms with Crippen LogP contribution in [0.5, 0.6) is 0 Å². The molecule has 0 spiro atoms. The normalized spacial score (nSPS) is 18.3. The van der Waals surface area contributed by atoms with E-state index in [0.29, 0.717) is 13.0 Å². The average Bonchev–Trinajstić information content (AvgIpc) is 3.05. The highest BCUT2D eigenvalue weighted by Gasteiger charge is 2.31. The summed E-state index contributed by atoms with van der Waals surface area (Å²) in [5.74, 6) is -0.482. The second kappa shape index (κ2) is 5.97. The average molecular weight is 299 g/mol. The van der Waals surface area contributed by atoms with Crippen LogP contribution in [0.3, 0.4) is 0 Å². The van der Waals surface area contributed by atoms with E-state index in [1.807, 2.05) is 31.2 Å². The molecule has 0 unspecified atom stereocenters. The largest absolute Gasteiger partial charge is 0.339 e. The number of benzene rings is 1. The fraction of sp³-hybridized carbons (Fsp3) is 0.333. The van der Waals surface area contributed by atoms with Crippen LogP contribution in [-0.2, 0) is 4.79 Å². The van der Waals surface area contributed by atoms with Gasteiger partial charge in [-0.1, -0.05) is 17.7 Å². The Bertz CT molecular complexity index is 666. The van der Waals surface area contributed by atoms with E-state index in [-0.39, 0.29) is 11.6 Å². The third-order valence-corrected chi connectivity index (χ3v) is 3.74. The van der Waals surface area contributed by atoms with Crippen molar-refractivity contribution < 1.29 is 9.59 Å². The van der Waals surface area contributed by atoms with Crippen LogP contribution in [0.25, 0.3) is 0 Å². The Morgan fingerprint density at radius 3 is 2.82 bits per heavy atom. The Hall–Kier alpha value is -2.70. The van der Waals surface area contributed by atoms with Gasteiger partial charge in [-0.3, -0.25) is 9.59 Å². The van der Waals surface area contributed by atoms with Gasteiger partial charge in [-0.15, -0.1) is 0 Å². The maximum absolute atomic E-state index is 12.6. The summed E-state index contributed by atoms with van der Waals surface area (Å²) in [6, 6.07) is 7.27. The van der Waals surface area contributed by atoms with Crippen molar-refractivity contribution in [1.82, 2.24) is 20.7 Å². The van der Waals surface area contributed by atoms with E-state index in [4.69, 9.17) is 0 Å². The van der Waals surface area contributed by atoms with Gasteiger partial charge in [0, 0.05) is 12.2 Å². The van der Waals surface area contributed by atoms with E-state index in [1.54, 1.807) is 4.90 Å². The van der Waals surface area contributed by atoms with Crippen LogP contribution < -0.4 is 10.2 Å². The molecule has 22 heavy (non-hydrogen) atoms. The minimum Gasteiger partial charge on any atom is -0.339 e. The summed E-state index contributed by atoms with van der Waals surface area (Å²) in [5, 5.41) is 12.4. The van der Waals surface area contributed by atoms with Crippen molar-refractivity contribution in [3.63, 3.8) is 0 Å². The molecule has 1 aliphatic rings. The van der Waals surface area contributed by atoms with Crippen molar-refractivity contribution in [2.45, 2.75) is 25.8 Å². The van der Waals surface area contributed by atoms with Crippen molar-refractivity contribution in [2.24, 2.45) is 0 Å². The quantitative estimate of drug-likeness (QED) is 0.886. The molecule has 2 aromatic rings. The Morgan fingerprint density at radius 1 is 1.36 bits per heavy atom. The lowest BCUT2D eigenvalue weighted by atomic mass is 10.0. The second-order valence-electron chi connectivity index (χ2n) is 5.35. The van der Waals surface area contributed by atoms with Crippen molar-refractivity contribution in [1.29, 1.82) is 0 Å². The zero-order valence-electron chi connectivity index (χ0n) is 12.2. The van der Waals surface area contributed by atoms with Gasteiger partial charge in [-0.05, 0) is 31.9 Å². The first-order valence-corrected chi connectivity index (χ1v) is 7.20. The number of anilines is 1. The van der Waals surface area contributed by atoms with E-state index in [9.17, 15) is 9.59 Å². The number of carbonyl (C=O) groups is 2. The van der Waals surface area contributed by atoms with E-state index in [0.717, 1.165) is 17.7 Å². The lowest BCUT2D eigenvalue weighted by molar-refractivity contribution is -0.121. The highest BCUT2D eigenvalue weighted by molar-refractivity contribution is 6.02. The molecule has 1 saturated heterocycles. The summed E-state index contributed by atoms with van der Waals surface area (Å²) in [6.07, 6.45) is 2.80. The summed E-state index contributed by atoms with van der Waals surface area (Å²) in [7, 11) is 0. The third kappa shape index (κ3) is 2.83. The number of carbonyl (C=O) groups excluding carboxylic acids is 2. The molecular formula is C15H17N5O2. The van der Waals surface area contributed by atoms with E-state index >= 15 is 0 Å². The molecule has 3 rings (SSSR count). The summed E-state index contributed by atoms with van der Waals surface area (Å²) < 4.78 is 0. The number of nitrogens with one attached hydrogen (secondary N) is 2. The monoisotopic (exact) mass is 299 g/mol. The van der Waals surface area contributed by atoms with Gasteiger partial charge in [-0.25, -0.2) is 0 Å². The van der Waals surface area contributed by atoms with Crippen LogP contribution in [-0.4, -0.2) is 39.8 Å². The number of nitrogens with zero attached hydrogens (tertiary/aromatic N) is 3. The molecule has 0 saturated carbocycles. The topological polar surface area (TPSA) is 91.0 Å². The first-order valence-electron chi connectivity index (χ1n) is 7.20. The van der Waals surface area contributed by atoms with Gasteiger partial charge in [0.1, 0.15) is 6.04 Å². The first kappa shape index (κ1) is 14.2. The molecule has 1 aromatic carbocycles. The number of aryl methyl sites for hydroxylation is 1. The molecule has 2 amide bonds. The van der Waals surface area contributed by atoms with Crippen LogP contribution in [0.2, 0.25) is 0 Å². The summed E-state index contributed by atoms with van der Waals surface area (Å²) in [5.41, 5.74) is 2.18. The maximum Gasteiger partial charge on any atom is 0.274 e. The molecular weight excluding hydrogens is 282 g/mol. The smallest absolute Gasteiger partial charge is 0.274 e. The SMILES string of the molecule is Cc1ccc(N2CCC[C@@H](NC(=O)c3cn[nH]n3)C2=O)cc1. The van der Waals surface area contributed by atoms with Gasteiger partial charge in [0.2, 0.25) is 5.91 Å². The third-order valence-electron chi connectivity index (χ3n) is 3.74. The van der Waals surface area contributed by atoms with E-state index in [2.05, 4.69) is 20.7 Å². The van der Waals surface area contributed by atoms with Gasteiger partial charge < -0.3 is 10.2 Å². The lowest BCUT2D eigenvalue weighted by Crippen LogP contribution is -2.52. The van der Waals surface area contributed by atoms with Gasteiger partial charge in [0.05, 0.1) is 6.20 Å². The molecule has 1 fully saturated rings. The fourth-order valence-electron chi connectivity index (χ4n) is 2.53. The Balaban J connectivity index is 1.72. The fourth-order valence-corrected chi connectivity index (χ4v) is 2.53. The van der Waals surface area contributed by atoms with Crippen molar-refractivity contribution in [3.05, 3.63) is 41.7 Å². The minimum atomic E-state index is -0.528. The van der Waals surface area contributed by atoms with Gasteiger partial charge in [0.25, 0.3) is 5.91 Å². The Kier molecular flexibility index (Phi) is 3.86. The zero-order chi connectivity index (χ0) is 15.5. The van der Waals surface area contributed by atoms with Crippen molar-refractivity contribution in [3.8, 4) is 0 Å². The summed E-state index contributed by atoms with van der Waals surface area (Å²) in [4.78, 5) is 26.3. The Morgan fingerprint density at radius 2 is 2.14 bits per heavy atom. The standard InChI is InChI=1S/C15H17N5O2/c1-10-4-6-11(7-5-10)20-8-2-3-12(15(20)22)17-14(21)13-9-16-19-18-13/h4-7,9,12H,2-3,8H2,1H3,(H,17,21)(H,16,18,19)/t12-/m1/s1. The van der Waals surface area contributed by atoms with Gasteiger partial charge in [-0.2, -0.15) is 15.4 Å². The van der Waals surface area contributed by atoms with Crippen molar-refractivity contribution in [2.75, 3.05) is 11.4 Å². The molecule has 1 aliphatic heterocycles. The number of aromatic amines is 1. The van der Waals surface area contributed by atoms with E-state index < -0.39 is 11.9 Å². The maximum atomic E-state index is 12.6. The number of H-pyrrole nitrogens is 1. The molecule has 114 valence electrons. The van der Waals surface area contributed by atoms with Crippen LogP contribution >= 0.6 is 0 Å². The number of aromatic nitrogens is 3. The predicted octanol–water partition coefficient (Wildman–Crippen LogP) is 1.04. The molecule has 2 heterocycles. The minimum absolute atomic E-state index is 0.0908. The molecule has 1 atom stereocenters. The van der Waals surface area contributed by atoms with Gasteiger partial charge >= 0.3 is 0 Å². The zero-order valence-corrected chi connectivity index (χ0v) is 12.2. The molecule has 0 radical (unpaired) electrons. The van der Waals surface area contributed by atoms with Crippen LogP contribution in [0.15, 0.2) is 30.5 Å². The van der Waals surface area contributed by atoms with Crippen molar-refractivity contribution >= 4 is 17.5 Å². The number of amides is 2. The molecule has 7 nitrogen and oxygen atoms in total. The second-order valence-corrected chi connectivity index (χ2v) is 5.35. The number of rotatable bonds is 3. The molecule has 7 heteroatoms. The highest BCUT2D eigenvalue weighted by atomic mass is 16.2. The summed E-state index contributed by atoms with van der Waals surface area (Å²) >= 11 is 0. The number of hydrogen-bond acceptors (Lipinski definition) is 4. The molecule has 2 N–H and O–H groups in total.